The number of benzene rings is 2. The molecule has 0 saturated carbocycles. The molecule has 0 heterocycles. The lowest BCUT2D eigenvalue weighted by molar-refractivity contribution is -0.384. The van der Waals surface area contributed by atoms with Crippen LogP contribution in [0.25, 0.3) is 0 Å². The fraction of sp³-hybridized carbons (Fsp3) is 0.235. The third-order valence-electron chi connectivity index (χ3n) is 3.71. The van der Waals surface area contributed by atoms with Gasteiger partial charge in [-0.2, -0.15) is 0 Å². The molecular weight excluding hydrogens is 310 g/mol. The fourth-order valence-corrected chi connectivity index (χ4v) is 2.22. The van der Waals surface area contributed by atoms with Gasteiger partial charge in [0.05, 0.1) is 24.3 Å². The highest BCUT2D eigenvalue weighted by atomic mass is 16.6. The van der Waals surface area contributed by atoms with E-state index < -0.39 is 4.92 Å². The molecular formula is C17H19N3O4. The van der Waals surface area contributed by atoms with Gasteiger partial charge in [0.25, 0.3) is 5.69 Å². The third-order valence-corrected chi connectivity index (χ3v) is 3.71. The maximum absolute atomic E-state index is 12.1. The van der Waals surface area contributed by atoms with Crippen LogP contribution in [0, 0.1) is 24.0 Å². The van der Waals surface area contributed by atoms with E-state index in [1.807, 2.05) is 32.0 Å². The van der Waals surface area contributed by atoms with Crippen molar-refractivity contribution >= 4 is 23.0 Å². The van der Waals surface area contributed by atoms with E-state index in [0.717, 1.165) is 16.8 Å². The first-order chi connectivity index (χ1) is 11.4. The van der Waals surface area contributed by atoms with Gasteiger partial charge in [-0.15, -0.1) is 0 Å². The number of rotatable bonds is 6. The van der Waals surface area contributed by atoms with E-state index >= 15 is 0 Å². The highest BCUT2D eigenvalue weighted by Crippen LogP contribution is 2.28. The van der Waals surface area contributed by atoms with Crippen LogP contribution in [0.3, 0.4) is 0 Å². The number of nitro benzene ring substituents is 1. The van der Waals surface area contributed by atoms with Crippen molar-refractivity contribution in [2.24, 2.45) is 0 Å². The lowest BCUT2D eigenvalue weighted by Gasteiger charge is -2.13. The number of anilines is 2. The zero-order valence-corrected chi connectivity index (χ0v) is 13.8. The molecule has 7 nitrogen and oxygen atoms in total. The summed E-state index contributed by atoms with van der Waals surface area (Å²) in [5.74, 6) is 0.0374. The number of nitrogens with one attached hydrogen (secondary N) is 2. The Hall–Kier alpha value is -3.09. The van der Waals surface area contributed by atoms with Crippen molar-refractivity contribution in [1.82, 2.24) is 0 Å². The molecule has 0 spiro atoms. The predicted octanol–water partition coefficient (Wildman–Crippen LogP) is 3.27. The summed E-state index contributed by atoms with van der Waals surface area (Å²) in [4.78, 5) is 22.5. The SMILES string of the molecule is COc1ccc([N+](=O)[O-])cc1NC(=O)CNc1cccc(C)c1C. The number of amides is 1. The number of carbonyl (C=O) groups excluding carboxylic acids is 1. The summed E-state index contributed by atoms with van der Waals surface area (Å²) in [6, 6.07) is 9.84. The number of hydrogen-bond acceptors (Lipinski definition) is 5. The summed E-state index contributed by atoms with van der Waals surface area (Å²) in [5, 5.41) is 16.6. The van der Waals surface area contributed by atoms with Gasteiger partial charge in [-0.3, -0.25) is 14.9 Å². The van der Waals surface area contributed by atoms with Crippen molar-refractivity contribution in [2.45, 2.75) is 13.8 Å². The number of nitrogens with zero attached hydrogens (tertiary/aromatic N) is 1. The van der Waals surface area contributed by atoms with Crippen LogP contribution in [0.5, 0.6) is 5.75 Å². The molecule has 24 heavy (non-hydrogen) atoms. The summed E-state index contributed by atoms with van der Waals surface area (Å²) in [5.41, 5.74) is 3.21. The average Bonchev–Trinajstić information content (AvgIpc) is 2.56. The van der Waals surface area contributed by atoms with Gasteiger partial charge in [-0.1, -0.05) is 12.1 Å². The molecule has 7 heteroatoms. The van der Waals surface area contributed by atoms with Crippen molar-refractivity contribution in [3.05, 3.63) is 57.6 Å². The molecule has 0 saturated heterocycles. The molecule has 0 aromatic heterocycles. The Bertz CT molecular complexity index is 774. The molecule has 0 atom stereocenters. The Kier molecular flexibility index (Phi) is 5.36. The maximum atomic E-state index is 12.1. The van der Waals surface area contributed by atoms with Crippen LogP contribution in [0.4, 0.5) is 17.1 Å². The van der Waals surface area contributed by atoms with Gasteiger partial charge >= 0.3 is 0 Å². The van der Waals surface area contributed by atoms with Gasteiger partial charge in [0, 0.05) is 17.8 Å². The zero-order chi connectivity index (χ0) is 17.7. The van der Waals surface area contributed by atoms with Crippen LogP contribution >= 0.6 is 0 Å². The van der Waals surface area contributed by atoms with Crippen LogP contribution in [0.15, 0.2) is 36.4 Å². The summed E-state index contributed by atoms with van der Waals surface area (Å²) in [7, 11) is 1.44. The van der Waals surface area contributed by atoms with Crippen LogP contribution in [-0.2, 0) is 4.79 Å². The fourth-order valence-electron chi connectivity index (χ4n) is 2.22. The van der Waals surface area contributed by atoms with Crippen LogP contribution in [0.1, 0.15) is 11.1 Å². The second kappa shape index (κ2) is 7.45. The number of aryl methyl sites for hydroxylation is 1. The Morgan fingerprint density at radius 2 is 1.96 bits per heavy atom. The van der Waals surface area contributed by atoms with Gasteiger partial charge in [0.15, 0.2) is 0 Å². The molecule has 2 aromatic carbocycles. The highest BCUT2D eigenvalue weighted by molar-refractivity contribution is 5.95. The summed E-state index contributed by atoms with van der Waals surface area (Å²) in [6.45, 7) is 4.00. The number of ether oxygens (including phenoxy) is 1. The Labute approximate surface area is 139 Å². The molecule has 2 rings (SSSR count). The van der Waals surface area contributed by atoms with Crippen LogP contribution in [-0.4, -0.2) is 24.5 Å². The van der Waals surface area contributed by atoms with Crippen LogP contribution in [0.2, 0.25) is 0 Å². The van der Waals surface area contributed by atoms with Crippen molar-refractivity contribution in [2.75, 3.05) is 24.3 Å². The van der Waals surface area contributed by atoms with E-state index in [2.05, 4.69) is 10.6 Å². The lowest BCUT2D eigenvalue weighted by Crippen LogP contribution is -2.22. The molecule has 0 fully saturated rings. The quantitative estimate of drug-likeness (QED) is 0.626. The molecule has 0 radical (unpaired) electrons. The minimum atomic E-state index is -0.524. The van der Waals surface area contributed by atoms with Gasteiger partial charge in [0.1, 0.15) is 5.75 Å². The maximum Gasteiger partial charge on any atom is 0.271 e. The molecule has 0 aliphatic carbocycles. The number of non-ortho nitro benzene ring substituents is 1. The molecule has 0 bridgehead atoms. The second-order valence-corrected chi connectivity index (χ2v) is 5.29. The largest absolute Gasteiger partial charge is 0.495 e. The number of carbonyl (C=O) groups is 1. The number of hydrogen-bond donors (Lipinski definition) is 2. The summed E-state index contributed by atoms with van der Waals surface area (Å²) in [6.07, 6.45) is 0. The van der Waals surface area contributed by atoms with Crippen molar-refractivity contribution in [3.8, 4) is 5.75 Å². The Morgan fingerprint density at radius 1 is 1.21 bits per heavy atom. The van der Waals surface area contributed by atoms with E-state index in [9.17, 15) is 14.9 Å². The number of nitro groups is 1. The van der Waals surface area contributed by atoms with E-state index in [4.69, 9.17) is 4.74 Å². The van der Waals surface area contributed by atoms with E-state index in [1.165, 1.54) is 25.3 Å². The Balaban J connectivity index is 2.08. The predicted molar refractivity (Wildman–Crippen MR) is 92.7 cm³/mol. The molecule has 1 amide bonds. The molecule has 126 valence electrons. The minimum Gasteiger partial charge on any atom is -0.495 e. The smallest absolute Gasteiger partial charge is 0.271 e. The molecule has 2 aromatic rings. The summed E-state index contributed by atoms with van der Waals surface area (Å²) >= 11 is 0. The molecule has 0 aliphatic heterocycles. The van der Waals surface area contributed by atoms with Crippen LogP contribution < -0.4 is 15.4 Å². The van der Waals surface area contributed by atoms with E-state index in [0.29, 0.717) is 5.75 Å². The molecule has 2 N–H and O–H groups in total. The average molecular weight is 329 g/mol. The van der Waals surface area contributed by atoms with Gasteiger partial charge in [-0.05, 0) is 37.1 Å². The van der Waals surface area contributed by atoms with Crippen molar-refractivity contribution in [1.29, 1.82) is 0 Å². The van der Waals surface area contributed by atoms with Crippen molar-refractivity contribution in [3.63, 3.8) is 0 Å². The van der Waals surface area contributed by atoms with Gasteiger partial charge < -0.3 is 15.4 Å². The molecule has 0 aliphatic rings. The first-order valence-corrected chi connectivity index (χ1v) is 7.34. The first kappa shape index (κ1) is 17.3. The molecule has 0 unspecified atom stereocenters. The van der Waals surface area contributed by atoms with E-state index in [1.54, 1.807) is 0 Å². The zero-order valence-electron chi connectivity index (χ0n) is 13.8. The lowest BCUT2D eigenvalue weighted by atomic mass is 10.1. The van der Waals surface area contributed by atoms with Gasteiger partial charge in [0.2, 0.25) is 5.91 Å². The third kappa shape index (κ3) is 4.01. The number of methoxy groups -OCH3 is 1. The van der Waals surface area contributed by atoms with E-state index in [-0.39, 0.29) is 23.8 Å². The van der Waals surface area contributed by atoms with Gasteiger partial charge in [-0.25, -0.2) is 0 Å². The monoisotopic (exact) mass is 329 g/mol. The minimum absolute atomic E-state index is 0.0378. The normalized spacial score (nSPS) is 10.1. The van der Waals surface area contributed by atoms with Crippen molar-refractivity contribution < 1.29 is 14.5 Å². The summed E-state index contributed by atoms with van der Waals surface area (Å²) < 4.78 is 5.12. The standard InChI is InChI=1S/C17H19N3O4/c1-11-5-4-6-14(12(11)2)18-10-17(21)19-15-9-13(20(22)23)7-8-16(15)24-3/h4-9,18H,10H2,1-3H3,(H,19,21). The highest BCUT2D eigenvalue weighted by Gasteiger charge is 2.13. The second-order valence-electron chi connectivity index (χ2n) is 5.29. The Morgan fingerprint density at radius 3 is 2.62 bits per heavy atom. The topological polar surface area (TPSA) is 93.5 Å². The first-order valence-electron chi connectivity index (χ1n) is 7.34.